The lowest BCUT2D eigenvalue weighted by molar-refractivity contribution is 0.0953. The van der Waals surface area contributed by atoms with E-state index in [1.54, 1.807) is 11.8 Å². The third-order valence-corrected chi connectivity index (χ3v) is 3.13. The molecule has 1 N–H and O–H groups in total. The van der Waals surface area contributed by atoms with Crippen LogP contribution in [0.25, 0.3) is 0 Å². The summed E-state index contributed by atoms with van der Waals surface area (Å²) in [5.41, 5.74) is 0.708. The number of benzene rings is 1. The molecule has 3 heteroatoms. The van der Waals surface area contributed by atoms with Crippen LogP contribution in [0.15, 0.2) is 29.2 Å². The zero-order valence-electron chi connectivity index (χ0n) is 10.0. The molecule has 0 aliphatic rings. The average molecular weight is 247 g/mol. The van der Waals surface area contributed by atoms with Gasteiger partial charge >= 0.3 is 0 Å². The number of terminal acetylenes is 1. The molecule has 0 aliphatic heterocycles. The zero-order chi connectivity index (χ0) is 12.5. The van der Waals surface area contributed by atoms with Gasteiger partial charge in [-0.25, -0.2) is 0 Å². The number of hydrogen-bond donors (Lipinski definition) is 1. The van der Waals surface area contributed by atoms with E-state index in [-0.39, 0.29) is 5.91 Å². The molecule has 0 atom stereocenters. The first-order chi connectivity index (χ1) is 8.27. The molecule has 1 amide bonds. The van der Waals surface area contributed by atoms with Gasteiger partial charge in [0.25, 0.3) is 5.91 Å². The summed E-state index contributed by atoms with van der Waals surface area (Å²) in [6.07, 6.45) is 9.83. The summed E-state index contributed by atoms with van der Waals surface area (Å²) in [7, 11) is 0. The summed E-state index contributed by atoms with van der Waals surface area (Å²) in [6.45, 7) is 0.685. The van der Waals surface area contributed by atoms with Crippen molar-refractivity contribution in [2.24, 2.45) is 0 Å². The van der Waals surface area contributed by atoms with Crippen LogP contribution < -0.4 is 5.32 Å². The SMILES string of the molecule is C#CCCCCNC(=O)c1ccc(SC)cc1. The molecule has 90 valence electrons. The zero-order valence-corrected chi connectivity index (χ0v) is 10.8. The first-order valence-electron chi connectivity index (χ1n) is 5.63. The van der Waals surface area contributed by atoms with E-state index in [0.29, 0.717) is 12.1 Å². The number of nitrogens with one attached hydrogen (secondary N) is 1. The van der Waals surface area contributed by atoms with Crippen LogP contribution in [0, 0.1) is 12.3 Å². The van der Waals surface area contributed by atoms with E-state index in [4.69, 9.17) is 6.42 Å². The standard InChI is InChI=1S/C14H17NOS/c1-3-4-5-6-11-15-14(16)12-7-9-13(17-2)10-8-12/h1,7-10H,4-6,11H2,2H3,(H,15,16). The molecule has 0 radical (unpaired) electrons. The number of rotatable bonds is 6. The fourth-order valence-electron chi connectivity index (χ4n) is 1.40. The molecule has 0 saturated carbocycles. The molecule has 0 aliphatic carbocycles. The molecule has 0 unspecified atom stereocenters. The summed E-state index contributed by atoms with van der Waals surface area (Å²) in [5.74, 6) is 2.57. The Labute approximate surface area is 107 Å². The Balaban J connectivity index is 2.34. The maximum Gasteiger partial charge on any atom is 0.251 e. The summed E-state index contributed by atoms with van der Waals surface area (Å²) in [6, 6.07) is 7.61. The van der Waals surface area contributed by atoms with Gasteiger partial charge in [-0.05, 0) is 43.4 Å². The largest absolute Gasteiger partial charge is 0.352 e. The van der Waals surface area contributed by atoms with Gasteiger partial charge in [-0.15, -0.1) is 24.1 Å². The Kier molecular flexibility index (Phi) is 6.27. The van der Waals surface area contributed by atoms with Gasteiger partial charge in [0, 0.05) is 23.4 Å². The molecule has 1 rings (SSSR count). The van der Waals surface area contributed by atoms with Crippen molar-refractivity contribution in [2.45, 2.75) is 24.2 Å². The Bertz CT molecular complexity index is 392. The first kappa shape index (κ1) is 13.7. The highest BCUT2D eigenvalue weighted by molar-refractivity contribution is 7.98. The lowest BCUT2D eigenvalue weighted by Crippen LogP contribution is -2.24. The van der Waals surface area contributed by atoms with E-state index >= 15 is 0 Å². The van der Waals surface area contributed by atoms with E-state index in [1.165, 1.54) is 0 Å². The number of thioether (sulfide) groups is 1. The van der Waals surface area contributed by atoms with Crippen molar-refractivity contribution >= 4 is 17.7 Å². The van der Waals surface area contributed by atoms with Crippen LogP contribution in [0.1, 0.15) is 29.6 Å². The van der Waals surface area contributed by atoms with Gasteiger partial charge in [0.05, 0.1) is 0 Å². The highest BCUT2D eigenvalue weighted by Crippen LogP contribution is 2.14. The highest BCUT2D eigenvalue weighted by Gasteiger charge is 2.03. The third-order valence-electron chi connectivity index (χ3n) is 2.39. The van der Waals surface area contributed by atoms with Crippen molar-refractivity contribution in [2.75, 3.05) is 12.8 Å². The minimum Gasteiger partial charge on any atom is -0.352 e. The van der Waals surface area contributed by atoms with Crippen molar-refractivity contribution in [3.8, 4) is 12.3 Å². The van der Waals surface area contributed by atoms with Gasteiger partial charge in [0.1, 0.15) is 0 Å². The molecule has 0 bridgehead atoms. The second-order valence-corrected chi connectivity index (χ2v) is 4.53. The molecule has 2 nitrogen and oxygen atoms in total. The predicted octanol–water partition coefficient (Wildman–Crippen LogP) is 2.94. The highest BCUT2D eigenvalue weighted by atomic mass is 32.2. The van der Waals surface area contributed by atoms with Crippen molar-refractivity contribution in [1.82, 2.24) is 5.32 Å². The Hall–Kier alpha value is -1.40. The number of unbranched alkanes of at least 4 members (excludes halogenated alkanes) is 2. The fraction of sp³-hybridized carbons (Fsp3) is 0.357. The molecule has 17 heavy (non-hydrogen) atoms. The van der Waals surface area contributed by atoms with Crippen LogP contribution in [-0.2, 0) is 0 Å². The van der Waals surface area contributed by atoms with Gasteiger partial charge in [-0.1, -0.05) is 0 Å². The molecule has 0 heterocycles. The molecular formula is C14H17NOS. The average Bonchev–Trinajstić information content (AvgIpc) is 2.38. The Morgan fingerprint density at radius 3 is 2.65 bits per heavy atom. The third kappa shape index (κ3) is 4.97. The molecule has 0 saturated heterocycles. The number of carbonyl (C=O) groups excluding carboxylic acids is 1. The fourth-order valence-corrected chi connectivity index (χ4v) is 1.81. The normalized spacial score (nSPS) is 9.65. The van der Waals surface area contributed by atoms with Gasteiger partial charge < -0.3 is 5.32 Å². The quantitative estimate of drug-likeness (QED) is 0.476. The van der Waals surface area contributed by atoms with Gasteiger partial charge in [0.2, 0.25) is 0 Å². The molecular weight excluding hydrogens is 230 g/mol. The predicted molar refractivity (Wildman–Crippen MR) is 73.2 cm³/mol. The maximum atomic E-state index is 11.7. The number of amides is 1. The minimum atomic E-state index is -0.0154. The topological polar surface area (TPSA) is 29.1 Å². The molecule has 1 aromatic rings. The number of carbonyl (C=O) groups is 1. The van der Waals surface area contributed by atoms with E-state index in [1.807, 2.05) is 30.5 Å². The summed E-state index contributed by atoms with van der Waals surface area (Å²) in [4.78, 5) is 12.9. The maximum absolute atomic E-state index is 11.7. The van der Waals surface area contributed by atoms with Crippen LogP contribution in [0.3, 0.4) is 0 Å². The molecule has 1 aromatic carbocycles. The second-order valence-electron chi connectivity index (χ2n) is 3.65. The monoisotopic (exact) mass is 247 g/mol. The van der Waals surface area contributed by atoms with Crippen LogP contribution in [-0.4, -0.2) is 18.7 Å². The van der Waals surface area contributed by atoms with Crippen LogP contribution in [0.5, 0.6) is 0 Å². The summed E-state index contributed by atoms with van der Waals surface area (Å²) in [5, 5.41) is 2.88. The Morgan fingerprint density at radius 2 is 2.06 bits per heavy atom. The Morgan fingerprint density at radius 1 is 1.35 bits per heavy atom. The van der Waals surface area contributed by atoms with Crippen molar-refractivity contribution in [3.63, 3.8) is 0 Å². The van der Waals surface area contributed by atoms with Gasteiger partial charge in [0.15, 0.2) is 0 Å². The first-order valence-corrected chi connectivity index (χ1v) is 6.86. The van der Waals surface area contributed by atoms with Gasteiger partial charge in [-0.3, -0.25) is 4.79 Å². The van der Waals surface area contributed by atoms with E-state index in [9.17, 15) is 4.79 Å². The second kappa shape index (κ2) is 7.81. The van der Waals surface area contributed by atoms with Crippen molar-refractivity contribution < 1.29 is 4.79 Å². The van der Waals surface area contributed by atoms with Crippen LogP contribution >= 0.6 is 11.8 Å². The van der Waals surface area contributed by atoms with E-state index in [0.717, 1.165) is 24.2 Å². The molecule has 0 aromatic heterocycles. The lowest BCUT2D eigenvalue weighted by atomic mass is 10.2. The smallest absolute Gasteiger partial charge is 0.251 e. The van der Waals surface area contributed by atoms with Crippen molar-refractivity contribution in [3.05, 3.63) is 29.8 Å². The van der Waals surface area contributed by atoms with E-state index < -0.39 is 0 Å². The van der Waals surface area contributed by atoms with E-state index in [2.05, 4.69) is 11.2 Å². The molecule has 0 fully saturated rings. The minimum absolute atomic E-state index is 0.0154. The number of hydrogen-bond acceptors (Lipinski definition) is 2. The lowest BCUT2D eigenvalue weighted by Gasteiger charge is -2.05. The van der Waals surface area contributed by atoms with Crippen LogP contribution in [0.2, 0.25) is 0 Å². The van der Waals surface area contributed by atoms with Crippen molar-refractivity contribution in [1.29, 1.82) is 0 Å². The summed E-state index contributed by atoms with van der Waals surface area (Å²) < 4.78 is 0. The summed E-state index contributed by atoms with van der Waals surface area (Å²) >= 11 is 1.67. The van der Waals surface area contributed by atoms with Crippen LogP contribution in [0.4, 0.5) is 0 Å². The van der Waals surface area contributed by atoms with Gasteiger partial charge in [-0.2, -0.15) is 0 Å². The molecule has 0 spiro atoms.